The second kappa shape index (κ2) is 6.32. The van der Waals surface area contributed by atoms with Gasteiger partial charge >= 0.3 is 0 Å². The number of alkyl halides is 1. The predicted octanol–water partition coefficient (Wildman–Crippen LogP) is 2.63. The molecule has 0 N–H and O–H groups in total. The van der Waals surface area contributed by atoms with Gasteiger partial charge in [0, 0.05) is 12.3 Å². The fourth-order valence-electron chi connectivity index (χ4n) is 0.904. The molecule has 0 fully saturated rings. The Labute approximate surface area is 93.5 Å². The van der Waals surface area contributed by atoms with E-state index in [0.29, 0.717) is 12.5 Å². The number of rotatable bonds is 6. The van der Waals surface area contributed by atoms with E-state index in [1.165, 1.54) is 0 Å². The maximum atomic E-state index is 5.59. The van der Waals surface area contributed by atoms with Gasteiger partial charge in [-0.05, 0) is 20.3 Å². The van der Waals surface area contributed by atoms with Crippen LogP contribution in [0.2, 0.25) is 0 Å². The molecule has 0 amide bonds. The highest BCUT2D eigenvalue weighted by Gasteiger charge is 2.04. The first kappa shape index (κ1) is 11.9. The molecule has 14 heavy (non-hydrogen) atoms. The summed E-state index contributed by atoms with van der Waals surface area (Å²) in [6.45, 7) is 4.58. The molecule has 0 aliphatic heterocycles. The van der Waals surface area contributed by atoms with Crippen LogP contribution in [-0.4, -0.2) is 22.2 Å². The number of nitrogens with zero attached hydrogens (tertiary/aromatic N) is 2. The summed E-state index contributed by atoms with van der Waals surface area (Å²) in [6.07, 6.45) is 2.12. The van der Waals surface area contributed by atoms with Crippen molar-refractivity contribution in [2.24, 2.45) is 0 Å². The molecule has 0 saturated heterocycles. The molecule has 80 valence electrons. The fraction of sp³-hybridized carbons (Fsp3) is 0.778. The van der Waals surface area contributed by atoms with Crippen LogP contribution in [0, 0.1) is 0 Å². The highest BCUT2D eigenvalue weighted by Crippen LogP contribution is 2.13. The van der Waals surface area contributed by atoms with E-state index in [0.717, 1.165) is 22.9 Å². The molecule has 5 heteroatoms. The highest BCUT2D eigenvalue weighted by atomic mass is 35.5. The minimum Gasteiger partial charge on any atom is -0.372 e. The van der Waals surface area contributed by atoms with Gasteiger partial charge in [-0.25, -0.2) is 0 Å². The lowest BCUT2D eigenvalue weighted by Gasteiger charge is -2.03. The van der Waals surface area contributed by atoms with Crippen LogP contribution in [0.1, 0.15) is 30.3 Å². The van der Waals surface area contributed by atoms with Crippen molar-refractivity contribution >= 4 is 22.9 Å². The molecule has 0 unspecified atom stereocenters. The van der Waals surface area contributed by atoms with Gasteiger partial charge in [0.25, 0.3) is 0 Å². The van der Waals surface area contributed by atoms with Crippen LogP contribution in [0.5, 0.6) is 0 Å². The SMILES string of the molecule is CC(C)OCc1nnc(CCCCl)s1. The second-order valence-corrected chi connectivity index (χ2v) is 4.77. The van der Waals surface area contributed by atoms with Crippen LogP contribution < -0.4 is 0 Å². The number of halogens is 1. The lowest BCUT2D eigenvalue weighted by atomic mass is 10.4. The second-order valence-electron chi connectivity index (χ2n) is 3.24. The van der Waals surface area contributed by atoms with Crippen molar-refractivity contribution in [1.82, 2.24) is 10.2 Å². The van der Waals surface area contributed by atoms with E-state index in [9.17, 15) is 0 Å². The fourth-order valence-corrected chi connectivity index (χ4v) is 1.85. The van der Waals surface area contributed by atoms with Crippen LogP contribution in [0.15, 0.2) is 0 Å². The van der Waals surface area contributed by atoms with Gasteiger partial charge in [0.05, 0.1) is 6.10 Å². The Morgan fingerprint density at radius 2 is 2.07 bits per heavy atom. The Bertz CT molecular complexity index is 265. The van der Waals surface area contributed by atoms with Crippen LogP contribution in [-0.2, 0) is 17.8 Å². The van der Waals surface area contributed by atoms with E-state index in [4.69, 9.17) is 16.3 Å². The zero-order valence-electron chi connectivity index (χ0n) is 8.49. The molecule has 0 radical (unpaired) electrons. The van der Waals surface area contributed by atoms with Crippen molar-refractivity contribution in [3.8, 4) is 0 Å². The van der Waals surface area contributed by atoms with Gasteiger partial charge in [0.15, 0.2) is 0 Å². The molecule has 0 atom stereocenters. The molecule has 1 aromatic heterocycles. The largest absolute Gasteiger partial charge is 0.372 e. The van der Waals surface area contributed by atoms with E-state index in [1.54, 1.807) is 11.3 Å². The van der Waals surface area contributed by atoms with Gasteiger partial charge in [-0.15, -0.1) is 21.8 Å². The van der Waals surface area contributed by atoms with Gasteiger partial charge < -0.3 is 4.74 Å². The van der Waals surface area contributed by atoms with Crippen molar-refractivity contribution < 1.29 is 4.74 Å². The molecule has 1 rings (SSSR count). The summed E-state index contributed by atoms with van der Waals surface area (Å²) in [5.74, 6) is 0.678. The summed E-state index contributed by atoms with van der Waals surface area (Å²) < 4.78 is 5.43. The Morgan fingerprint density at radius 1 is 1.36 bits per heavy atom. The summed E-state index contributed by atoms with van der Waals surface area (Å²) in [5, 5.41) is 10.1. The lowest BCUT2D eigenvalue weighted by Crippen LogP contribution is -2.01. The first-order chi connectivity index (χ1) is 6.72. The zero-order chi connectivity index (χ0) is 10.4. The molecule has 0 aliphatic carbocycles. The van der Waals surface area contributed by atoms with E-state index in [1.807, 2.05) is 13.8 Å². The summed E-state index contributed by atoms with van der Waals surface area (Å²) in [7, 11) is 0. The molecule has 1 aromatic rings. The van der Waals surface area contributed by atoms with Crippen LogP contribution in [0.4, 0.5) is 0 Å². The molecule has 1 heterocycles. The Kier molecular flexibility index (Phi) is 5.37. The normalized spacial score (nSPS) is 11.1. The van der Waals surface area contributed by atoms with E-state index in [-0.39, 0.29) is 6.10 Å². The maximum absolute atomic E-state index is 5.59. The summed E-state index contributed by atoms with van der Waals surface area (Å²) in [6, 6.07) is 0. The number of hydrogen-bond donors (Lipinski definition) is 0. The maximum Gasteiger partial charge on any atom is 0.143 e. The minimum absolute atomic E-state index is 0.241. The van der Waals surface area contributed by atoms with Crippen molar-refractivity contribution in [2.75, 3.05) is 5.88 Å². The third-order valence-corrected chi connectivity index (χ3v) is 2.80. The van der Waals surface area contributed by atoms with Gasteiger partial charge in [-0.3, -0.25) is 0 Å². The van der Waals surface area contributed by atoms with Crippen LogP contribution in [0.3, 0.4) is 0 Å². The smallest absolute Gasteiger partial charge is 0.143 e. The molecule has 0 bridgehead atoms. The number of hydrogen-bond acceptors (Lipinski definition) is 4. The average molecular weight is 235 g/mol. The molecule has 3 nitrogen and oxygen atoms in total. The predicted molar refractivity (Wildman–Crippen MR) is 58.9 cm³/mol. The molecule has 0 saturated carbocycles. The highest BCUT2D eigenvalue weighted by molar-refractivity contribution is 7.11. The van der Waals surface area contributed by atoms with Crippen LogP contribution >= 0.6 is 22.9 Å². The molecular weight excluding hydrogens is 220 g/mol. The number of aryl methyl sites for hydroxylation is 1. The standard InChI is InChI=1S/C9H15ClN2OS/c1-7(2)13-6-9-12-11-8(14-9)4-3-5-10/h7H,3-6H2,1-2H3. The first-order valence-electron chi connectivity index (χ1n) is 4.71. The van der Waals surface area contributed by atoms with Gasteiger partial charge in [-0.2, -0.15) is 0 Å². The molecule has 0 aromatic carbocycles. The van der Waals surface area contributed by atoms with Gasteiger partial charge in [-0.1, -0.05) is 11.3 Å². The number of ether oxygens (including phenoxy) is 1. The van der Waals surface area contributed by atoms with Gasteiger partial charge in [0.1, 0.15) is 16.6 Å². The Balaban J connectivity index is 2.35. The monoisotopic (exact) mass is 234 g/mol. The summed E-state index contributed by atoms with van der Waals surface area (Å²) >= 11 is 7.20. The van der Waals surface area contributed by atoms with E-state index < -0.39 is 0 Å². The average Bonchev–Trinajstić information content (AvgIpc) is 2.59. The van der Waals surface area contributed by atoms with E-state index in [2.05, 4.69) is 10.2 Å². The van der Waals surface area contributed by atoms with Crippen molar-refractivity contribution in [2.45, 2.75) is 39.4 Å². The first-order valence-corrected chi connectivity index (χ1v) is 6.06. The molecular formula is C9H15ClN2OS. The van der Waals surface area contributed by atoms with Crippen molar-refractivity contribution in [3.63, 3.8) is 0 Å². The summed E-state index contributed by atoms with van der Waals surface area (Å²) in [4.78, 5) is 0. The van der Waals surface area contributed by atoms with Gasteiger partial charge in [0.2, 0.25) is 0 Å². The molecule has 0 spiro atoms. The summed E-state index contributed by atoms with van der Waals surface area (Å²) in [5.41, 5.74) is 0. The number of aromatic nitrogens is 2. The Hall–Kier alpha value is -0.190. The van der Waals surface area contributed by atoms with Crippen molar-refractivity contribution in [1.29, 1.82) is 0 Å². The van der Waals surface area contributed by atoms with Crippen LogP contribution in [0.25, 0.3) is 0 Å². The third kappa shape index (κ3) is 4.35. The third-order valence-electron chi connectivity index (χ3n) is 1.57. The van der Waals surface area contributed by atoms with Crippen molar-refractivity contribution in [3.05, 3.63) is 10.0 Å². The topological polar surface area (TPSA) is 35.0 Å². The molecule has 0 aliphatic rings. The Morgan fingerprint density at radius 3 is 2.71 bits per heavy atom. The lowest BCUT2D eigenvalue weighted by molar-refractivity contribution is 0.0652. The zero-order valence-corrected chi connectivity index (χ0v) is 10.1. The quantitative estimate of drug-likeness (QED) is 0.710. The minimum atomic E-state index is 0.241. The van der Waals surface area contributed by atoms with E-state index >= 15 is 0 Å².